The SMILES string of the molecule is Cc1cc(CO)cc(N2CC3CCC2C3)n1. The summed E-state index contributed by atoms with van der Waals surface area (Å²) in [7, 11) is 0. The number of fused-ring (bicyclic) bond motifs is 2. The van der Waals surface area contributed by atoms with Gasteiger partial charge in [-0.15, -0.1) is 0 Å². The van der Waals surface area contributed by atoms with Crippen LogP contribution in [-0.2, 0) is 6.61 Å². The van der Waals surface area contributed by atoms with Crippen molar-refractivity contribution in [1.29, 1.82) is 0 Å². The minimum absolute atomic E-state index is 0.109. The maximum absolute atomic E-state index is 9.21. The average molecular weight is 218 g/mol. The maximum atomic E-state index is 9.21. The Labute approximate surface area is 96.1 Å². The summed E-state index contributed by atoms with van der Waals surface area (Å²) < 4.78 is 0. The van der Waals surface area contributed by atoms with Gasteiger partial charge in [-0.05, 0) is 49.8 Å². The number of aliphatic hydroxyl groups excluding tert-OH is 1. The van der Waals surface area contributed by atoms with Crippen LogP contribution in [0.2, 0.25) is 0 Å². The van der Waals surface area contributed by atoms with Crippen molar-refractivity contribution in [1.82, 2.24) is 4.98 Å². The minimum Gasteiger partial charge on any atom is -0.392 e. The van der Waals surface area contributed by atoms with Gasteiger partial charge in [0.25, 0.3) is 0 Å². The van der Waals surface area contributed by atoms with E-state index in [9.17, 15) is 5.11 Å². The average Bonchev–Trinajstić information content (AvgIpc) is 2.89. The summed E-state index contributed by atoms with van der Waals surface area (Å²) in [5.74, 6) is 1.95. The van der Waals surface area contributed by atoms with Crippen LogP contribution in [0.1, 0.15) is 30.5 Å². The van der Waals surface area contributed by atoms with Crippen molar-refractivity contribution in [3.8, 4) is 0 Å². The van der Waals surface area contributed by atoms with E-state index in [4.69, 9.17) is 0 Å². The molecule has 1 aliphatic carbocycles. The van der Waals surface area contributed by atoms with E-state index in [0.717, 1.165) is 29.5 Å². The maximum Gasteiger partial charge on any atom is 0.129 e. The number of anilines is 1. The second kappa shape index (κ2) is 3.74. The molecule has 16 heavy (non-hydrogen) atoms. The van der Waals surface area contributed by atoms with E-state index in [-0.39, 0.29) is 6.61 Å². The Hall–Kier alpha value is -1.09. The standard InChI is InChI=1S/C13H18N2O/c1-9-4-11(8-16)6-13(14-9)15-7-10-2-3-12(15)5-10/h4,6,10,12,16H,2-3,5,7-8H2,1H3. The van der Waals surface area contributed by atoms with Crippen LogP contribution in [0.25, 0.3) is 0 Å². The number of piperidine rings is 1. The molecule has 0 spiro atoms. The first-order valence-corrected chi connectivity index (χ1v) is 6.11. The third-order valence-electron chi connectivity index (χ3n) is 3.89. The monoisotopic (exact) mass is 218 g/mol. The van der Waals surface area contributed by atoms with Gasteiger partial charge in [-0.25, -0.2) is 4.98 Å². The normalized spacial score (nSPS) is 27.8. The molecule has 2 atom stereocenters. The van der Waals surface area contributed by atoms with Crippen LogP contribution in [0.5, 0.6) is 0 Å². The summed E-state index contributed by atoms with van der Waals surface area (Å²) in [4.78, 5) is 7.03. The second-order valence-corrected chi connectivity index (χ2v) is 5.12. The zero-order valence-corrected chi connectivity index (χ0v) is 9.69. The summed E-state index contributed by atoms with van der Waals surface area (Å²) in [6.07, 6.45) is 4.04. The van der Waals surface area contributed by atoms with Crippen molar-refractivity contribution in [2.24, 2.45) is 5.92 Å². The smallest absolute Gasteiger partial charge is 0.129 e. The fourth-order valence-corrected chi connectivity index (χ4v) is 3.16. The fraction of sp³-hybridized carbons (Fsp3) is 0.615. The summed E-state index contributed by atoms with van der Waals surface area (Å²) in [5, 5.41) is 9.21. The largest absolute Gasteiger partial charge is 0.392 e. The lowest BCUT2D eigenvalue weighted by molar-refractivity contribution is 0.281. The molecule has 1 saturated heterocycles. The predicted molar refractivity (Wildman–Crippen MR) is 63.4 cm³/mol. The highest BCUT2D eigenvalue weighted by atomic mass is 16.3. The molecule has 1 saturated carbocycles. The Kier molecular flexibility index (Phi) is 2.36. The minimum atomic E-state index is 0.109. The summed E-state index contributed by atoms with van der Waals surface area (Å²) in [5.41, 5.74) is 1.98. The van der Waals surface area contributed by atoms with Crippen molar-refractivity contribution >= 4 is 5.82 Å². The summed E-state index contributed by atoms with van der Waals surface area (Å²) >= 11 is 0. The number of aliphatic hydroxyl groups is 1. The van der Waals surface area contributed by atoms with Gasteiger partial charge in [-0.2, -0.15) is 0 Å². The number of rotatable bonds is 2. The zero-order chi connectivity index (χ0) is 11.1. The number of pyridine rings is 1. The summed E-state index contributed by atoms with van der Waals surface area (Å²) in [6, 6.07) is 4.69. The Morgan fingerprint density at radius 2 is 2.31 bits per heavy atom. The van der Waals surface area contributed by atoms with Crippen LogP contribution < -0.4 is 4.90 Å². The first-order chi connectivity index (χ1) is 7.76. The van der Waals surface area contributed by atoms with Gasteiger partial charge in [0.15, 0.2) is 0 Å². The number of hydrogen-bond acceptors (Lipinski definition) is 3. The highest BCUT2D eigenvalue weighted by molar-refractivity contribution is 5.45. The van der Waals surface area contributed by atoms with Gasteiger partial charge >= 0.3 is 0 Å². The number of aromatic nitrogens is 1. The van der Waals surface area contributed by atoms with Crippen LogP contribution in [0.15, 0.2) is 12.1 Å². The van der Waals surface area contributed by atoms with E-state index in [1.165, 1.54) is 19.3 Å². The van der Waals surface area contributed by atoms with Gasteiger partial charge in [-0.3, -0.25) is 0 Å². The van der Waals surface area contributed by atoms with Gasteiger partial charge in [0.05, 0.1) is 6.61 Å². The van der Waals surface area contributed by atoms with Crippen LogP contribution >= 0.6 is 0 Å². The number of hydrogen-bond donors (Lipinski definition) is 1. The van der Waals surface area contributed by atoms with Gasteiger partial charge in [0.1, 0.15) is 5.82 Å². The molecule has 0 radical (unpaired) electrons. The first kappa shape index (κ1) is 10.1. The molecule has 2 unspecified atom stereocenters. The van der Waals surface area contributed by atoms with Crippen LogP contribution in [0, 0.1) is 12.8 Å². The van der Waals surface area contributed by atoms with Crippen LogP contribution in [-0.4, -0.2) is 22.7 Å². The quantitative estimate of drug-likeness (QED) is 0.823. The molecular formula is C13H18N2O. The molecule has 2 heterocycles. The van der Waals surface area contributed by atoms with E-state index in [1.807, 2.05) is 19.1 Å². The Morgan fingerprint density at radius 3 is 2.94 bits per heavy atom. The van der Waals surface area contributed by atoms with E-state index in [2.05, 4.69) is 9.88 Å². The van der Waals surface area contributed by atoms with E-state index < -0.39 is 0 Å². The Bertz CT molecular complexity index is 405. The lowest BCUT2D eigenvalue weighted by Crippen LogP contribution is -2.32. The number of aryl methyl sites for hydroxylation is 1. The van der Waals surface area contributed by atoms with Crippen molar-refractivity contribution in [3.05, 3.63) is 23.4 Å². The molecule has 3 nitrogen and oxygen atoms in total. The topological polar surface area (TPSA) is 36.4 Å². The molecule has 2 aliphatic rings. The molecule has 1 aliphatic heterocycles. The molecule has 1 aromatic heterocycles. The lowest BCUT2D eigenvalue weighted by atomic mass is 10.1. The van der Waals surface area contributed by atoms with Gasteiger partial charge < -0.3 is 10.0 Å². The summed E-state index contributed by atoms with van der Waals surface area (Å²) in [6.45, 7) is 3.27. The predicted octanol–water partition coefficient (Wildman–Crippen LogP) is 1.87. The van der Waals surface area contributed by atoms with E-state index in [1.54, 1.807) is 0 Å². The van der Waals surface area contributed by atoms with E-state index in [0.29, 0.717) is 6.04 Å². The molecule has 0 amide bonds. The second-order valence-electron chi connectivity index (χ2n) is 5.12. The molecule has 2 fully saturated rings. The molecule has 3 heteroatoms. The molecule has 1 aromatic rings. The fourth-order valence-electron chi connectivity index (χ4n) is 3.16. The van der Waals surface area contributed by atoms with Crippen molar-refractivity contribution < 1.29 is 5.11 Å². The number of nitrogens with zero attached hydrogens (tertiary/aromatic N) is 2. The molecule has 0 aromatic carbocycles. The Morgan fingerprint density at radius 1 is 1.44 bits per heavy atom. The molecule has 86 valence electrons. The third-order valence-corrected chi connectivity index (χ3v) is 3.89. The first-order valence-electron chi connectivity index (χ1n) is 6.11. The van der Waals surface area contributed by atoms with Crippen molar-refractivity contribution in [2.45, 2.75) is 38.8 Å². The van der Waals surface area contributed by atoms with Gasteiger partial charge in [0.2, 0.25) is 0 Å². The van der Waals surface area contributed by atoms with Crippen molar-refractivity contribution in [2.75, 3.05) is 11.4 Å². The molecule has 2 bridgehead atoms. The highest BCUT2D eigenvalue weighted by Crippen LogP contribution is 2.39. The highest BCUT2D eigenvalue weighted by Gasteiger charge is 2.38. The van der Waals surface area contributed by atoms with Crippen LogP contribution in [0.4, 0.5) is 5.82 Å². The van der Waals surface area contributed by atoms with Crippen molar-refractivity contribution in [3.63, 3.8) is 0 Å². The molecule has 3 rings (SSSR count). The van der Waals surface area contributed by atoms with E-state index >= 15 is 0 Å². The van der Waals surface area contributed by atoms with Gasteiger partial charge in [0, 0.05) is 18.3 Å². The van der Waals surface area contributed by atoms with Gasteiger partial charge in [-0.1, -0.05) is 0 Å². The van der Waals surface area contributed by atoms with Crippen LogP contribution in [0.3, 0.4) is 0 Å². The lowest BCUT2D eigenvalue weighted by Gasteiger charge is -2.28. The molecule has 1 N–H and O–H groups in total. The zero-order valence-electron chi connectivity index (χ0n) is 9.69. The third kappa shape index (κ3) is 1.59. The Balaban J connectivity index is 1.91. The molecular weight excluding hydrogens is 200 g/mol.